The quantitative estimate of drug-likeness (QED) is 0.837. The monoisotopic (exact) mass is 311 g/mol. The fourth-order valence-corrected chi connectivity index (χ4v) is 2.47. The summed E-state index contributed by atoms with van der Waals surface area (Å²) in [6.45, 7) is 6.75. The molecule has 1 atom stereocenters. The van der Waals surface area contributed by atoms with Gasteiger partial charge in [0.05, 0.1) is 19.1 Å². The van der Waals surface area contributed by atoms with Crippen LogP contribution in [-0.4, -0.2) is 12.5 Å². The molecule has 0 aliphatic rings. The number of benzene rings is 2. The molecule has 2 rings (SSSR count). The molecule has 0 heterocycles. The molecule has 2 aromatic carbocycles. The van der Waals surface area contributed by atoms with E-state index in [0.717, 1.165) is 23.3 Å². The molecule has 0 bridgehead atoms. The van der Waals surface area contributed by atoms with E-state index in [1.807, 2.05) is 38.1 Å². The predicted octanol–water partition coefficient (Wildman–Crippen LogP) is 4.07. The second-order valence-electron chi connectivity index (χ2n) is 5.64. The molecule has 0 saturated heterocycles. The van der Waals surface area contributed by atoms with Crippen LogP contribution in [0, 0.1) is 0 Å². The molecule has 3 nitrogen and oxygen atoms in total. The van der Waals surface area contributed by atoms with E-state index < -0.39 is 0 Å². The molecule has 3 heteroatoms. The Morgan fingerprint density at radius 2 is 1.61 bits per heavy atom. The molecule has 1 amide bonds. The second-order valence-corrected chi connectivity index (χ2v) is 5.64. The summed E-state index contributed by atoms with van der Waals surface area (Å²) in [7, 11) is 0. The number of nitrogens with one attached hydrogen (secondary N) is 1. The molecule has 0 spiro atoms. The number of hydrogen-bond acceptors (Lipinski definition) is 2. The zero-order chi connectivity index (χ0) is 16.7. The van der Waals surface area contributed by atoms with Gasteiger partial charge in [-0.15, -0.1) is 0 Å². The number of aryl methyl sites for hydroxylation is 1. The molecule has 0 saturated carbocycles. The van der Waals surface area contributed by atoms with Crippen molar-refractivity contribution >= 4 is 5.91 Å². The maximum Gasteiger partial charge on any atom is 0.224 e. The van der Waals surface area contributed by atoms with E-state index in [2.05, 4.69) is 36.5 Å². The molecule has 0 fully saturated rings. The summed E-state index contributed by atoms with van der Waals surface area (Å²) in [5, 5.41) is 3.05. The van der Waals surface area contributed by atoms with Crippen molar-refractivity contribution in [3.05, 3.63) is 65.2 Å². The molecular formula is C20H25NO2. The number of hydrogen-bond donors (Lipinski definition) is 1. The van der Waals surface area contributed by atoms with Gasteiger partial charge in [-0.25, -0.2) is 0 Å². The average Bonchev–Trinajstić information content (AvgIpc) is 2.57. The van der Waals surface area contributed by atoms with E-state index in [1.54, 1.807) is 0 Å². The van der Waals surface area contributed by atoms with Crippen LogP contribution in [0.25, 0.3) is 0 Å². The Hall–Kier alpha value is -2.29. The SMILES string of the molecule is CCOc1ccc(CC(=O)NC(C)c2ccc(CC)cc2)cc1. The van der Waals surface area contributed by atoms with Gasteiger partial charge in [0.15, 0.2) is 0 Å². The number of rotatable bonds is 7. The Labute approximate surface area is 138 Å². The van der Waals surface area contributed by atoms with Crippen molar-refractivity contribution in [3.63, 3.8) is 0 Å². The largest absolute Gasteiger partial charge is 0.494 e. The zero-order valence-corrected chi connectivity index (χ0v) is 14.1. The number of carbonyl (C=O) groups is 1. The van der Waals surface area contributed by atoms with E-state index in [4.69, 9.17) is 4.74 Å². The summed E-state index contributed by atoms with van der Waals surface area (Å²) in [5.41, 5.74) is 3.42. The molecule has 0 aliphatic carbocycles. The normalized spacial score (nSPS) is 11.8. The highest BCUT2D eigenvalue weighted by Gasteiger charge is 2.10. The fourth-order valence-electron chi connectivity index (χ4n) is 2.47. The molecule has 1 N–H and O–H groups in total. The predicted molar refractivity (Wildman–Crippen MR) is 93.7 cm³/mol. The lowest BCUT2D eigenvalue weighted by molar-refractivity contribution is -0.121. The van der Waals surface area contributed by atoms with Crippen LogP contribution in [0.5, 0.6) is 5.75 Å². The third kappa shape index (κ3) is 5.13. The van der Waals surface area contributed by atoms with E-state index in [0.29, 0.717) is 13.0 Å². The fraction of sp³-hybridized carbons (Fsp3) is 0.350. The average molecular weight is 311 g/mol. The first-order chi connectivity index (χ1) is 11.1. The van der Waals surface area contributed by atoms with Gasteiger partial charge in [0.1, 0.15) is 5.75 Å². The van der Waals surface area contributed by atoms with Gasteiger partial charge >= 0.3 is 0 Å². The first-order valence-electron chi connectivity index (χ1n) is 8.22. The van der Waals surface area contributed by atoms with Crippen molar-refractivity contribution in [2.45, 2.75) is 39.7 Å². The van der Waals surface area contributed by atoms with Gasteiger partial charge < -0.3 is 10.1 Å². The van der Waals surface area contributed by atoms with Crippen molar-refractivity contribution < 1.29 is 9.53 Å². The molecule has 122 valence electrons. The van der Waals surface area contributed by atoms with Gasteiger partial charge in [-0.05, 0) is 49.1 Å². The van der Waals surface area contributed by atoms with Gasteiger partial charge in [0.2, 0.25) is 5.91 Å². The van der Waals surface area contributed by atoms with Crippen LogP contribution in [-0.2, 0) is 17.6 Å². The van der Waals surface area contributed by atoms with E-state index in [1.165, 1.54) is 5.56 Å². The van der Waals surface area contributed by atoms with Gasteiger partial charge in [0.25, 0.3) is 0 Å². The first kappa shape index (κ1) is 17.1. The van der Waals surface area contributed by atoms with Crippen molar-refractivity contribution in [1.82, 2.24) is 5.32 Å². The van der Waals surface area contributed by atoms with Crippen LogP contribution in [0.2, 0.25) is 0 Å². The van der Waals surface area contributed by atoms with Gasteiger partial charge in [-0.3, -0.25) is 4.79 Å². The highest BCUT2D eigenvalue weighted by Crippen LogP contribution is 2.15. The summed E-state index contributed by atoms with van der Waals surface area (Å²) >= 11 is 0. The van der Waals surface area contributed by atoms with Crippen LogP contribution in [0.3, 0.4) is 0 Å². The molecule has 2 aromatic rings. The van der Waals surface area contributed by atoms with Crippen LogP contribution in [0.1, 0.15) is 43.5 Å². The minimum absolute atomic E-state index is 0.0103. The van der Waals surface area contributed by atoms with E-state index in [-0.39, 0.29) is 11.9 Å². The lowest BCUT2D eigenvalue weighted by Crippen LogP contribution is -2.28. The highest BCUT2D eigenvalue weighted by molar-refractivity contribution is 5.79. The summed E-state index contributed by atoms with van der Waals surface area (Å²) in [5.74, 6) is 0.863. The summed E-state index contributed by atoms with van der Waals surface area (Å²) in [6, 6.07) is 16.1. The minimum Gasteiger partial charge on any atom is -0.494 e. The standard InChI is InChI=1S/C20H25NO2/c1-4-16-6-10-18(11-7-16)15(3)21-20(22)14-17-8-12-19(13-9-17)23-5-2/h6-13,15H,4-5,14H2,1-3H3,(H,21,22). The molecule has 0 aliphatic heterocycles. The molecule has 0 radical (unpaired) electrons. The summed E-state index contributed by atoms with van der Waals surface area (Å²) in [6.07, 6.45) is 1.41. The van der Waals surface area contributed by atoms with Gasteiger partial charge in [0, 0.05) is 0 Å². The lowest BCUT2D eigenvalue weighted by Gasteiger charge is -2.15. The van der Waals surface area contributed by atoms with Crippen molar-refractivity contribution in [2.24, 2.45) is 0 Å². The first-order valence-corrected chi connectivity index (χ1v) is 8.22. The van der Waals surface area contributed by atoms with E-state index >= 15 is 0 Å². The maximum atomic E-state index is 12.2. The maximum absolute atomic E-state index is 12.2. The highest BCUT2D eigenvalue weighted by atomic mass is 16.5. The second kappa shape index (κ2) is 8.37. The Morgan fingerprint density at radius 1 is 1.00 bits per heavy atom. The van der Waals surface area contributed by atoms with E-state index in [9.17, 15) is 4.79 Å². The molecular weight excluding hydrogens is 286 g/mol. The number of carbonyl (C=O) groups excluding carboxylic acids is 1. The van der Waals surface area contributed by atoms with Crippen LogP contribution in [0.4, 0.5) is 0 Å². The Morgan fingerprint density at radius 3 is 2.17 bits per heavy atom. The third-order valence-corrected chi connectivity index (χ3v) is 3.86. The Balaban J connectivity index is 1.90. The van der Waals surface area contributed by atoms with Crippen molar-refractivity contribution in [1.29, 1.82) is 0 Å². The zero-order valence-electron chi connectivity index (χ0n) is 14.1. The third-order valence-electron chi connectivity index (χ3n) is 3.86. The lowest BCUT2D eigenvalue weighted by atomic mass is 10.0. The van der Waals surface area contributed by atoms with Crippen LogP contribution < -0.4 is 10.1 Å². The van der Waals surface area contributed by atoms with Crippen LogP contribution in [0.15, 0.2) is 48.5 Å². The van der Waals surface area contributed by atoms with Gasteiger partial charge in [-0.2, -0.15) is 0 Å². The van der Waals surface area contributed by atoms with Crippen molar-refractivity contribution in [3.8, 4) is 5.75 Å². The molecule has 1 unspecified atom stereocenters. The molecule has 23 heavy (non-hydrogen) atoms. The summed E-state index contributed by atoms with van der Waals surface area (Å²) in [4.78, 5) is 12.2. The minimum atomic E-state index is 0.0103. The Bertz CT molecular complexity index is 617. The topological polar surface area (TPSA) is 38.3 Å². The van der Waals surface area contributed by atoms with Crippen LogP contribution >= 0.6 is 0 Å². The van der Waals surface area contributed by atoms with Gasteiger partial charge in [-0.1, -0.05) is 43.3 Å². The molecule has 0 aromatic heterocycles. The number of ether oxygens (including phenoxy) is 1. The van der Waals surface area contributed by atoms with Crippen molar-refractivity contribution in [2.75, 3.05) is 6.61 Å². The smallest absolute Gasteiger partial charge is 0.224 e. The Kier molecular flexibility index (Phi) is 6.21. The summed E-state index contributed by atoms with van der Waals surface area (Å²) < 4.78 is 5.41. The number of amides is 1.